The Morgan fingerprint density at radius 1 is 1.00 bits per heavy atom. The van der Waals surface area contributed by atoms with E-state index in [9.17, 15) is 13.2 Å². The molecule has 0 spiro atoms. The fourth-order valence-electron chi connectivity index (χ4n) is 3.77. The standard InChI is InChI=1S/C26H29ClN2O4S/c1-17-13-19(3)25(14-18(17)2)20(4)28-26(30)16-29(22-8-6-7-21(27)15-22)34(31,32)24-11-9-23(33-5)10-12-24/h6-15,20H,16H2,1-5H3,(H,28,30)/t20-/m0/s1. The lowest BCUT2D eigenvalue weighted by Gasteiger charge is -2.26. The number of carbonyl (C=O) groups excluding carboxylic acids is 1. The van der Waals surface area contributed by atoms with Gasteiger partial charge in [-0.15, -0.1) is 0 Å². The minimum absolute atomic E-state index is 0.0409. The number of aryl methyl sites for hydroxylation is 3. The molecule has 6 nitrogen and oxygen atoms in total. The molecule has 0 radical (unpaired) electrons. The molecule has 3 rings (SSSR count). The largest absolute Gasteiger partial charge is 0.497 e. The van der Waals surface area contributed by atoms with Gasteiger partial charge in [-0.3, -0.25) is 9.10 Å². The summed E-state index contributed by atoms with van der Waals surface area (Å²) in [7, 11) is -2.55. The monoisotopic (exact) mass is 500 g/mol. The molecule has 0 aromatic heterocycles. The van der Waals surface area contributed by atoms with Crippen molar-refractivity contribution in [2.45, 2.75) is 38.6 Å². The van der Waals surface area contributed by atoms with E-state index in [0.29, 0.717) is 16.5 Å². The number of anilines is 1. The summed E-state index contributed by atoms with van der Waals surface area (Å²) in [4.78, 5) is 13.1. The number of benzene rings is 3. The highest BCUT2D eigenvalue weighted by molar-refractivity contribution is 7.92. The molecule has 1 amide bonds. The minimum atomic E-state index is -4.05. The summed E-state index contributed by atoms with van der Waals surface area (Å²) in [6.45, 7) is 7.55. The number of nitrogens with zero attached hydrogens (tertiary/aromatic N) is 1. The fraction of sp³-hybridized carbons (Fsp3) is 0.269. The third kappa shape index (κ3) is 5.72. The Morgan fingerprint density at radius 2 is 1.65 bits per heavy atom. The molecule has 34 heavy (non-hydrogen) atoms. The Hall–Kier alpha value is -3.03. The van der Waals surface area contributed by atoms with Crippen LogP contribution in [0.5, 0.6) is 5.75 Å². The Labute approximate surface area is 206 Å². The lowest BCUT2D eigenvalue weighted by Crippen LogP contribution is -2.41. The SMILES string of the molecule is COc1ccc(S(=O)(=O)N(CC(=O)N[C@@H](C)c2cc(C)c(C)cc2C)c2cccc(Cl)c2)cc1. The molecule has 0 heterocycles. The molecule has 1 N–H and O–H groups in total. The fourth-order valence-corrected chi connectivity index (χ4v) is 5.36. The van der Waals surface area contributed by atoms with Crippen molar-refractivity contribution in [3.8, 4) is 5.75 Å². The van der Waals surface area contributed by atoms with E-state index >= 15 is 0 Å². The van der Waals surface area contributed by atoms with Crippen LogP contribution in [0.15, 0.2) is 65.6 Å². The highest BCUT2D eigenvalue weighted by atomic mass is 35.5. The van der Waals surface area contributed by atoms with Gasteiger partial charge >= 0.3 is 0 Å². The first-order valence-corrected chi connectivity index (χ1v) is 12.6. The van der Waals surface area contributed by atoms with Crippen LogP contribution >= 0.6 is 11.6 Å². The van der Waals surface area contributed by atoms with Crippen LogP contribution in [-0.4, -0.2) is 28.0 Å². The van der Waals surface area contributed by atoms with Crippen LogP contribution in [0.4, 0.5) is 5.69 Å². The normalized spacial score (nSPS) is 12.2. The van der Waals surface area contributed by atoms with Gasteiger partial charge in [0.25, 0.3) is 10.0 Å². The van der Waals surface area contributed by atoms with Gasteiger partial charge in [0.05, 0.1) is 23.7 Å². The molecule has 0 fully saturated rings. The third-order valence-electron chi connectivity index (χ3n) is 5.76. The number of halogens is 1. The van der Waals surface area contributed by atoms with E-state index in [1.165, 1.54) is 30.9 Å². The zero-order chi connectivity index (χ0) is 25.0. The van der Waals surface area contributed by atoms with Crippen molar-refractivity contribution >= 4 is 33.2 Å². The van der Waals surface area contributed by atoms with Gasteiger partial charge in [-0.25, -0.2) is 8.42 Å². The van der Waals surface area contributed by atoms with E-state index in [1.54, 1.807) is 30.3 Å². The Bertz CT molecular complexity index is 1290. The zero-order valence-corrected chi connectivity index (χ0v) is 21.5. The molecule has 0 bridgehead atoms. The lowest BCUT2D eigenvalue weighted by atomic mass is 9.96. The molecular weight excluding hydrogens is 472 g/mol. The number of rotatable bonds is 8. The van der Waals surface area contributed by atoms with Crippen molar-refractivity contribution in [1.82, 2.24) is 5.32 Å². The molecule has 1 atom stereocenters. The summed E-state index contributed by atoms with van der Waals surface area (Å²) >= 11 is 6.13. The van der Waals surface area contributed by atoms with Crippen molar-refractivity contribution in [3.63, 3.8) is 0 Å². The van der Waals surface area contributed by atoms with Crippen LogP contribution in [0.3, 0.4) is 0 Å². The van der Waals surface area contributed by atoms with Gasteiger partial charge in [-0.1, -0.05) is 29.8 Å². The second-order valence-corrected chi connectivity index (χ2v) is 10.5. The molecule has 0 aliphatic rings. The predicted molar refractivity (Wildman–Crippen MR) is 136 cm³/mol. The topological polar surface area (TPSA) is 75.7 Å². The van der Waals surface area contributed by atoms with Gasteiger partial charge in [0.15, 0.2) is 0 Å². The van der Waals surface area contributed by atoms with E-state index in [2.05, 4.69) is 17.4 Å². The van der Waals surface area contributed by atoms with Crippen molar-refractivity contribution in [3.05, 3.63) is 87.9 Å². The third-order valence-corrected chi connectivity index (χ3v) is 7.78. The molecule has 8 heteroatoms. The van der Waals surface area contributed by atoms with Crippen LogP contribution < -0.4 is 14.4 Å². The number of hydrogen-bond acceptors (Lipinski definition) is 4. The van der Waals surface area contributed by atoms with Crippen LogP contribution in [0.2, 0.25) is 5.02 Å². The van der Waals surface area contributed by atoms with Gasteiger partial charge in [0.2, 0.25) is 5.91 Å². The maximum atomic E-state index is 13.5. The number of carbonyl (C=O) groups is 1. The predicted octanol–water partition coefficient (Wildman–Crippen LogP) is 5.35. The number of ether oxygens (including phenoxy) is 1. The van der Waals surface area contributed by atoms with Crippen LogP contribution in [-0.2, 0) is 14.8 Å². The molecule has 3 aromatic rings. The molecule has 0 saturated carbocycles. The smallest absolute Gasteiger partial charge is 0.264 e. The van der Waals surface area contributed by atoms with Crippen LogP contribution in [0.1, 0.15) is 35.2 Å². The van der Waals surface area contributed by atoms with E-state index in [-0.39, 0.29) is 10.9 Å². The van der Waals surface area contributed by atoms with Gasteiger partial charge in [-0.05, 0) is 92.4 Å². The van der Waals surface area contributed by atoms with E-state index in [0.717, 1.165) is 21.0 Å². The summed E-state index contributed by atoms with van der Waals surface area (Å²) in [5.74, 6) is 0.103. The zero-order valence-electron chi connectivity index (χ0n) is 19.9. The first kappa shape index (κ1) is 25.6. The molecule has 180 valence electrons. The number of hydrogen-bond donors (Lipinski definition) is 1. The van der Waals surface area contributed by atoms with Gasteiger partial charge in [-0.2, -0.15) is 0 Å². The summed E-state index contributed by atoms with van der Waals surface area (Å²) in [5, 5.41) is 3.31. The van der Waals surface area contributed by atoms with E-state index in [1.807, 2.05) is 27.7 Å². The van der Waals surface area contributed by atoms with Crippen molar-refractivity contribution in [2.75, 3.05) is 18.0 Å². The lowest BCUT2D eigenvalue weighted by molar-refractivity contribution is -0.120. The maximum Gasteiger partial charge on any atom is 0.264 e. The Morgan fingerprint density at radius 3 is 2.26 bits per heavy atom. The van der Waals surface area contributed by atoms with Crippen molar-refractivity contribution < 1.29 is 17.9 Å². The minimum Gasteiger partial charge on any atom is -0.497 e. The van der Waals surface area contributed by atoms with Crippen LogP contribution in [0, 0.1) is 20.8 Å². The van der Waals surface area contributed by atoms with Crippen molar-refractivity contribution in [1.29, 1.82) is 0 Å². The number of methoxy groups -OCH3 is 1. The number of sulfonamides is 1. The second-order valence-electron chi connectivity index (χ2n) is 8.25. The highest BCUT2D eigenvalue weighted by Gasteiger charge is 2.28. The molecule has 0 aliphatic carbocycles. The van der Waals surface area contributed by atoms with Gasteiger partial charge in [0, 0.05) is 5.02 Å². The first-order valence-electron chi connectivity index (χ1n) is 10.8. The summed E-state index contributed by atoms with van der Waals surface area (Å²) in [6, 6.07) is 16.3. The second kappa shape index (κ2) is 10.5. The summed E-state index contributed by atoms with van der Waals surface area (Å²) in [5.41, 5.74) is 4.66. The van der Waals surface area contributed by atoms with Crippen molar-refractivity contribution in [2.24, 2.45) is 0 Å². The first-order chi connectivity index (χ1) is 16.0. The molecule has 0 aliphatic heterocycles. The number of amides is 1. The van der Waals surface area contributed by atoms with Gasteiger partial charge in [0.1, 0.15) is 12.3 Å². The number of nitrogens with one attached hydrogen (secondary N) is 1. The quantitative estimate of drug-likeness (QED) is 0.452. The summed E-state index contributed by atoms with van der Waals surface area (Å²) in [6.07, 6.45) is 0. The van der Waals surface area contributed by atoms with E-state index < -0.39 is 22.5 Å². The van der Waals surface area contributed by atoms with E-state index in [4.69, 9.17) is 16.3 Å². The van der Waals surface area contributed by atoms with Gasteiger partial charge < -0.3 is 10.1 Å². The molecular formula is C26H29ClN2O4S. The average molecular weight is 501 g/mol. The Kier molecular flexibility index (Phi) is 7.89. The maximum absolute atomic E-state index is 13.5. The summed E-state index contributed by atoms with van der Waals surface area (Å²) < 4.78 is 33.3. The highest BCUT2D eigenvalue weighted by Crippen LogP contribution is 2.27. The average Bonchev–Trinajstić information content (AvgIpc) is 2.79. The molecule has 3 aromatic carbocycles. The molecule has 0 unspecified atom stereocenters. The molecule has 0 saturated heterocycles. The van der Waals surface area contributed by atoms with Crippen LogP contribution in [0.25, 0.3) is 0 Å². The Balaban J connectivity index is 1.91.